The lowest BCUT2D eigenvalue weighted by Crippen LogP contribution is -2.18. The Hall–Kier alpha value is -3.92. The number of nitrogens with zero attached hydrogens (tertiary/aromatic N) is 1. The van der Waals surface area contributed by atoms with Crippen molar-refractivity contribution < 1.29 is 9.53 Å². The van der Waals surface area contributed by atoms with Crippen molar-refractivity contribution in [2.45, 2.75) is 0 Å². The quantitative estimate of drug-likeness (QED) is 0.380. The average molecular weight is 366 g/mol. The van der Waals surface area contributed by atoms with Crippen molar-refractivity contribution >= 4 is 22.9 Å². The average Bonchev–Trinajstić information content (AvgIpc) is 2.75. The molecule has 4 aromatic carbocycles. The zero-order chi connectivity index (χ0) is 19.2. The van der Waals surface area contributed by atoms with Crippen molar-refractivity contribution in [2.75, 3.05) is 0 Å². The maximum Gasteiger partial charge on any atom is 0.275 e. The zero-order valence-electron chi connectivity index (χ0n) is 15.1. The van der Waals surface area contributed by atoms with Crippen LogP contribution in [0.4, 0.5) is 0 Å². The molecule has 1 amide bonds. The SMILES string of the molecule is O=C(NN=Cc1cccc2ccccc12)c1ccccc1Oc1ccccc1. The maximum absolute atomic E-state index is 12.6. The second kappa shape index (κ2) is 8.18. The summed E-state index contributed by atoms with van der Waals surface area (Å²) >= 11 is 0. The number of hydrazone groups is 1. The van der Waals surface area contributed by atoms with Crippen LogP contribution in [0.2, 0.25) is 0 Å². The fraction of sp³-hybridized carbons (Fsp3) is 0. The highest BCUT2D eigenvalue weighted by molar-refractivity contribution is 6.01. The maximum atomic E-state index is 12.6. The number of carbonyl (C=O) groups is 1. The number of nitrogens with one attached hydrogen (secondary N) is 1. The molecule has 1 N–H and O–H groups in total. The number of hydrogen-bond acceptors (Lipinski definition) is 3. The van der Waals surface area contributed by atoms with Crippen LogP contribution in [0, 0.1) is 0 Å². The molecular weight excluding hydrogens is 348 g/mol. The molecule has 0 aromatic heterocycles. The summed E-state index contributed by atoms with van der Waals surface area (Å²) in [6.45, 7) is 0. The standard InChI is InChI=1S/C24H18N2O2/c27-24(22-15-6-7-16-23(22)28-20-12-2-1-3-13-20)26-25-17-19-11-8-10-18-9-4-5-14-21(18)19/h1-17H,(H,26,27). The van der Waals surface area contributed by atoms with E-state index in [-0.39, 0.29) is 5.91 Å². The molecule has 0 spiro atoms. The van der Waals surface area contributed by atoms with Crippen molar-refractivity contribution in [3.63, 3.8) is 0 Å². The van der Waals surface area contributed by atoms with Gasteiger partial charge in [0, 0.05) is 5.56 Å². The number of amides is 1. The third-order valence-corrected chi connectivity index (χ3v) is 4.30. The molecule has 0 heterocycles. The Balaban J connectivity index is 1.52. The second-order valence-electron chi connectivity index (χ2n) is 6.18. The van der Waals surface area contributed by atoms with Crippen LogP contribution in [0.25, 0.3) is 10.8 Å². The molecule has 4 aromatic rings. The summed E-state index contributed by atoms with van der Waals surface area (Å²) in [4.78, 5) is 12.6. The number of benzene rings is 4. The number of para-hydroxylation sites is 2. The van der Waals surface area contributed by atoms with E-state index in [4.69, 9.17) is 4.74 Å². The van der Waals surface area contributed by atoms with E-state index in [0.29, 0.717) is 17.1 Å². The van der Waals surface area contributed by atoms with Gasteiger partial charge in [0.15, 0.2) is 0 Å². The summed E-state index contributed by atoms with van der Waals surface area (Å²) in [5.41, 5.74) is 3.94. The van der Waals surface area contributed by atoms with Crippen molar-refractivity contribution in [3.8, 4) is 11.5 Å². The van der Waals surface area contributed by atoms with Gasteiger partial charge in [-0.1, -0.05) is 72.8 Å². The van der Waals surface area contributed by atoms with Gasteiger partial charge in [-0.3, -0.25) is 4.79 Å². The Kier molecular flexibility index (Phi) is 5.11. The topological polar surface area (TPSA) is 50.7 Å². The van der Waals surface area contributed by atoms with Crippen LogP contribution in [-0.2, 0) is 0 Å². The second-order valence-corrected chi connectivity index (χ2v) is 6.18. The molecule has 0 bridgehead atoms. The Bertz CT molecular complexity index is 1130. The molecule has 28 heavy (non-hydrogen) atoms. The highest BCUT2D eigenvalue weighted by atomic mass is 16.5. The van der Waals surface area contributed by atoms with Gasteiger partial charge in [-0.15, -0.1) is 0 Å². The number of fused-ring (bicyclic) bond motifs is 1. The van der Waals surface area contributed by atoms with E-state index in [0.717, 1.165) is 16.3 Å². The first-order valence-corrected chi connectivity index (χ1v) is 8.94. The van der Waals surface area contributed by atoms with Gasteiger partial charge in [0.1, 0.15) is 11.5 Å². The fourth-order valence-electron chi connectivity index (χ4n) is 2.94. The highest BCUT2D eigenvalue weighted by Gasteiger charge is 2.12. The molecule has 0 fully saturated rings. The molecule has 0 saturated carbocycles. The zero-order valence-corrected chi connectivity index (χ0v) is 15.1. The molecule has 0 aliphatic carbocycles. The van der Waals surface area contributed by atoms with Crippen LogP contribution in [0.1, 0.15) is 15.9 Å². The van der Waals surface area contributed by atoms with Gasteiger partial charge in [0.2, 0.25) is 0 Å². The van der Waals surface area contributed by atoms with Gasteiger partial charge in [-0.2, -0.15) is 5.10 Å². The van der Waals surface area contributed by atoms with E-state index in [2.05, 4.69) is 10.5 Å². The van der Waals surface area contributed by atoms with Gasteiger partial charge < -0.3 is 4.74 Å². The lowest BCUT2D eigenvalue weighted by Gasteiger charge is -2.09. The summed E-state index contributed by atoms with van der Waals surface area (Å²) in [6, 6.07) is 30.5. The fourth-order valence-corrected chi connectivity index (χ4v) is 2.94. The molecule has 0 radical (unpaired) electrons. The lowest BCUT2D eigenvalue weighted by molar-refractivity contribution is 0.0953. The van der Waals surface area contributed by atoms with Crippen LogP contribution >= 0.6 is 0 Å². The van der Waals surface area contributed by atoms with E-state index in [1.54, 1.807) is 24.4 Å². The third-order valence-electron chi connectivity index (χ3n) is 4.30. The first kappa shape index (κ1) is 17.5. The summed E-state index contributed by atoms with van der Waals surface area (Å²) in [6.07, 6.45) is 1.65. The predicted octanol–water partition coefficient (Wildman–Crippen LogP) is 5.40. The van der Waals surface area contributed by atoms with Gasteiger partial charge in [-0.25, -0.2) is 5.43 Å². The molecule has 0 unspecified atom stereocenters. The number of carbonyl (C=O) groups excluding carboxylic acids is 1. The largest absolute Gasteiger partial charge is 0.457 e. The Morgan fingerprint density at radius 1 is 0.786 bits per heavy atom. The minimum Gasteiger partial charge on any atom is -0.457 e. The van der Waals surface area contributed by atoms with Gasteiger partial charge in [0.25, 0.3) is 5.91 Å². The lowest BCUT2D eigenvalue weighted by atomic mass is 10.1. The van der Waals surface area contributed by atoms with Crippen molar-refractivity contribution in [2.24, 2.45) is 5.10 Å². The summed E-state index contributed by atoms with van der Waals surface area (Å²) < 4.78 is 5.84. The minimum absolute atomic E-state index is 0.331. The van der Waals surface area contributed by atoms with Crippen LogP contribution in [0.5, 0.6) is 11.5 Å². The Labute approximate surface area is 163 Å². The minimum atomic E-state index is -0.331. The van der Waals surface area contributed by atoms with Gasteiger partial charge in [0.05, 0.1) is 11.8 Å². The van der Waals surface area contributed by atoms with Crippen LogP contribution in [0.3, 0.4) is 0 Å². The van der Waals surface area contributed by atoms with E-state index in [9.17, 15) is 4.79 Å². The Morgan fingerprint density at radius 2 is 1.50 bits per heavy atom. The molecule has 4 nitrogen and oxygen atoms in total. The third kappa shape index (κ3) is 3.91. The summed E-state index contributed by atoms with van der Waals surface area (Å²) in [5, 5.41) is 6.34. The summed E-state index contributed by atoms with van der Waals surface area (Å²) in [5.74, 6) is 0.816. The van der Waals surface area contributed by atoms with Crippen molar-refractivity contribution in [1.82, 2.24) is 5.43 Å². The van der Waals surface area contributed by atoms with Crippen LogP contribution < -0.4 is 10.2 Å². The monoisotopic (exact) mass is 366 g/mol. The molecule has 136 valence electrons. The smallest absolute Gasteiger partial charge is 0.275 e. The van der Waals surface area contributed by atoms with E-state index < -0.39 is 0 Å². The van der Waals surface area contributed by atoms with E-state index >= 15 is 0 Å². The molecule has 4 heteroatoms. The molecule has 0 aliphatic heterocycles. The summed E-state index contributed by atoms with van der Waals surface area (Å²) in [7, 11) is 0. The molecule has 4 rings (SSSR count). The highest BCUT2D eigenvalue weighted by Crippen LogP contribution is 2.25. The Morgan fingerprint density at radius 3 is 2.39 bits per heavy atom. The van der Waals surface area contributed by atoms with Crippen LogP contribution in [-0.4, -0.2) is 12.1 Å². The van der Waals surface area contributed by atoms with Crippen LogP contribution in [0.15, 0.2) is 102 Å². The molecule has 0 atom stereocenters. The molecule has 0 saturated heterocycles. The predicted molar refractivity (Wildman–Crippen MR) is 112 cm³/mol. The normalized spacial score (nSPS) is 10.9. The first-order chi connectivity index (χ1) is 13.8. The van der Waals surface area contributed by atoms with E-state index in [1.807, 2.05) is 78.9 Å². The van der Waals surface area contributed by atoms with E-state index in [1.165, 1.54) is 0 Å². The molecular formula is C24H18N2O2. The number of rotatable bonds is 5. The first-order valence-electron chi connectivity index (χ1n) is 8.94. The number of ether oxygens (including phenoxy) is 1. The number of hydrogen-bond donors (Lipinski definition) is 1. The van der Waals surface area contributed by atoms with Crippen molar-refractivity contribution in [1.29, 1.82) is 0 Å². The van der Waals surface area contributed by atoms with Gasteiger partial charge >= 0.3 is 0 Å². The molecule has 0 aliphatic rings. The van der Waals surface area contributed by atoms with Gasteiger partial charge in [-0.05, 0) is 35.0 Å². The van der Waals surface area contributed by atoms with Crippen molar-refractivity contribution in [3.05, 3.63) is 108 Å².